The van der Waals surface area contributed by atoms with Gasteiger partial charge in [0.05, 0.1) is 6.54 Å². The van der Waals surface area contributed by atoms with E-state index in [0.717, 1.165) is 5.56 Å². The average Bonchev–Trinajstić information content (AvgIpc) is 3.02. The van der Waals surface area contributed by atoms with Crippen molar-refractivity contribution in [1.82, 2.24) is 10.2 Å². The summed E-state index contributed by atoms with van der Waals surface area (Å²) in [4.78, 5) is 38.1. The second kappa shape index (κ2) is 8.29. The van der Waals surface area contributed by atoms with E-state index >= 15 is 0 Å². The summed E-state index contributed by atoms with van der Waals surface area (Å²) < 4.78 is 0. The molecular weight excluding hydrogens is 330 g/mol. The number of hydrogen-bond acceptors (Lipinski definition) is 3. The normalized spacial score (nSPS) is 16.4. The summed E-state index contributed by atoms with van der Waals surface area (Å²) in [6.45, 7) is 0.269. The molecule has 0 aromatic heterocycles. The van der Waals surface area contributed by atoms with Gasteiger partial charge in [0.15, 0.2) is 0 Å². The minimum Gasteiger partial charge on any atom is -0.345 e. The number of benzene rings is 2. The lowest BCUT2D eigenvalue weighted by atomic mass is 10.1. The van der Waals surface area contributed by atoms with Crippen LogP contribution in [0.15, 0.2) is 60.7 Å². The van der Waals surface area contributed by atoms with E-state index in [2.05, 4.69) is 10.6 Å². The summed E-state index contributed by atoms with van der Waals surface area (Å²) >= 11 is 0. The Labute approximate surface area is 152 Å². The first-order chi connectivity index (χ1) is 12.6. The monoisotopic (exact) mass is 351 g/mol. The molecule has 1 fully saturated rings. The summed E-state index contributed by atoms with van der Waals surface area (Å²) in [5.74, 6) is -0.638. The topological polar surface area (TPSA) is 78.5 Å². The van der Waals surface area contributed by atoms with E-state index in [-0.39, 0.29) is 24.3 Å². The molecular formula is C20H21N3O3. The molecule has 1 saturated heterocycles. The molecule has 0 saturated carbocycles. The van der Waals surface area contributed by atoms with Crippen LogP contribution >= 0.6 is 0 Å². The van der Waals surface area contributed by atoms with Crippen LogP contribution in [-0.2, 0) is 20.9 Å². The molecule has 0 spiro atoms. The quantitative estimate of drug-likeness (QED) is 0.835. The van der Waals surface area contributed by atoms with Crippen molar-refractivity contribution in [2.24, 2.45) is 0 Å². The highest BCUT2D eigenvalue weighted by Gasteiger charge is 2.35. The van der Waals surface area contributed by atoms with E-state index < -0.39 is 6.04 Å². The van der Waals surface area contributed by atoms with Gasteiger partial charge in [-0.2, -0.15) is 0 Å². The minimum absolute atomic E-state index is 0.0391. The van der Waals surface area contributed by atoms with Gasteiger partial charge in [0.2, 0.25) is 17.7 Å². The summed E-state index contributed by atoms with van der Waals surface area (Å²) in [6, 6.07) is 18.1. The Morgan fingerprint density at radius 1 is 1.00 bits per heavy atom. The number of amides is 3. The molecule has 0 aliphatic carbocycles. The van der Waals surface area contributed by atoms with Crippen LogP contribution in [0.2, 0.25) is 0 Å². The Bertz CT molecular complexity index is 777. The third kappa shape index (κ3) is 4.47. The highest BCUT2D eigenvalue weighted by molar-refractivity contribution is 5.96. The Morgan fingerprint density at radius 3 is 2.35 bits per heavy atom. The third-order valence-electron chi connectivity index (χ3n) is 4.31. The van der Waals surface area contributed by atoms with Gasteiger partial charge in [-0.05, 0) is 24.1 Å². The maximum atomic E-state index is 12.5. The molecule has 1 unspecified atom stereocenters. The maximum absolute atomic E-state index is 12.5. The van der Waals surface area contributed by atoms with Crippen molar-refractivity contribution < 1.29 is 14.4 Å². The van der Waals surface area contributed by atoms with Crippen LogP contribution in [0.5, 0.6) is 0 Å². The molecule has 1 heterocycles. The van der Waals surface area contributed by atoms with Gasteiger partial charge >= 0.3 is 0 Å². The molecule has 3 rings (SSSR count). The number of nitrogens with zero attached hydrogens (tertiary/aromatic N) is 1. The molecule has 6 nitrogen and oxygen atoms in total. The zero-order valence-corrected chi connectivity index (χ0v) is 14.4. The number of anilines is 1. The lowest BCUT2D eigenvalue weighted by molar-refractivity contribution is -0.136. The summed E-state index contributed by atoms with van der Waals surface area (Å²) in [5, 5.41) is 5.35. The van der Waals surface area contributed by atoms with Crippen molar-refractivity contribution in [3.63, 3.8) is 0 Å². The zero-order chi connectivity index (χ0) is 18.4. The number of likely N-dealkylation sites (tertiary alicyclic amines) is 1. The predicted molar refractivity (Wildman–Crippen MR) is 98.1 cm³/mol. The molecule has 1 aliphatic heterocycles. The molecule has 0 radical (unpaired) electrons. The molecule has 2 aromatic rings. The smallest absolute Gasteiger partial charge is 0.243 e. The first-order valence-corrected chi connectivity index (χ1v) is 8.59. The molecule has 6 heteroatoms. The van der Waals surface area contributed by atoms with Gasteiger partial charge in [-0.1, -0.05) is 48.5 Å². The molecule has 134 valence electrons. The maximum Gasteiger partial charge on any atom is 0.243 e. The van der Waals surface area contributed by atoms with E-state index in [1.165, 1.54) is 0 Å². The van der Waals surface area contributed by atoms with Crippen molar-refractivity contribution >= 4 is 23.4 Å². The van der Waals surface area contributed by atoms with E-state index in [1.807, 2.05) is 48.5 Å². The van der Waals surface area contributed by atoms with Crippen LogP contribution in [0.25, 0.3) is 0 Å². The summed E-state index contributed by atoms with van der Waals surface area (Å²) in [6.07, 6.45) is 0.818. The fraction of sp³-hybridized carbons (Fsp3) is 0.250. The molecule has 3 amide bonds. The van der Waals surface area contributed by atoms with E-state index in [0.29, 0.717) is 25.1 Å². The average molecular weight is 351 g/mol. The number of nitrogens with one attached hydrogen (secondary N) is 2. The van der Waals surface area contributed by atoms with Crippen molar-refractivity contribution in [3.05, 3.63) is 66.2 Å². The fourth-order valence-electron chi connectivity index (χ4n) is 3.00. The summed E-state index contributed by atoms with van der Waals surface area (Å²) in [7, 11) is 0. The summed E-state index contributed by atoms with van der Waals surface area (Å²) in [5.41, 5.74) is 1.65. The molecule has 1 aliphatic rings. The lowest BCUT2D eigenvalue weighted by Gasteiger charge is -2.24. The van der Waals surface area contributed by atoms with Crippen LogP contribution in [0.1, 0.15) is 18.4 Å². The van der Waals surface area contributed by atoms with Crippen LogP contribution in [0, 0.1) is 0 Å². The van der Waals surface area contributed by atoms with E-state index in [4.69, 9.17) is 0 Å². The third-order valence-corrected chi connectivity index (χ3v) is 4.31. The minimum atomic E-state index is -0.535. The highest BCUT2D eigenvalue weighted by Crippen LogP contribution is 2.21. The number of carbonyl (C=O) groups is 3. The molecule has 0 bridgehead atoms. The van der Waals surface area contributed by atoms with Crippen molar-refractivity contribution in [2.75, 3.05) is 11.9 Å². The van der Waals surface area contributed by atoms with Gasteiger partial charge in [0.25, 0.3) is 0 Å². The van der Waals surface area contributed by atoms with Crippen molar-refractivity contribution in [2.45, 2.75) is 25.4 Å². The molecule has 26 heavy (non-hydrogen) atoms. The van der Waals surface area contributed by atoms with Gasteiger partial charge < -0.3 is 15.5 Å². The Balaban J connectivity index is 1.54. The number of para-hydroxylation sites is 1. The van der Waals surface area contributed by atoms with Crippen LogP contribution < -0.4 is 10.6 Å². The largest absolute Gasteiger partial charge is 0.345 e. The number of rotatable bonds is 6. The molecule has 2 aromatic carbocycles. The zero-order valence-electron chi connectivity index (χ0n) is 14.4. The Hall–Kier alpha value is -3.15. The Kier molecular flexibility index (Phi) is 5.63. The van der Waals surface area contributed by atoms with E-state index in [1.54, 1.807) is 17.0 Å². The predicted octanol–water partition coefficient (Wildman–Crippen LogP) is 1.93. The lowest BCUT2D eigenvalue weighted by Crippen LogP contribution is -2.46. The van der Waals surface area contributed by atoms with Crippen molar-refractivity contribution in [1.29, 1.82) is 0 Å². The molecule has 2 N–H and O–H groups in total. The van der Waals surface area contributed by atoms with E-state index in [9.17, 15) is 14.4 Å². The first kappa shape index (κ1) is 17.7. The van der Waals surface area contributed by atoms with Gasteiger partial charge in [0, 0.05) is 18.7 Å². The SMILES string of the molecule is O=C(CNC(=O)C1CCC(=O)N1Cc1ccccc1)Nc1ccccc1. The Morgan fingerprint density at radius 2 is 1.65 bits per heavy atom. The number of hydrogen-bond donors (Lipinski definition) is 2. The molecule has 1 atom stereocenters. The highest BCUT2D eigenvalue weighted by atomic mass is 16.2. The van der Waals surface area contributed by atoms with Crippen LogP contribution in [-0.4, -0.2) is 35.2 Å². The number of carbonyl (C=O) groups excluding carboxylic acids is 3. The van der Waals surface area contributed by atoms with Gasteiger partial charge in [-0.25, -0.2) is 0 Å². The standard InChI is InChI=1S/C20H21N3O3/c24-18(22-16-9-5-2-6-10-16)13-21-20(26)17-11-12-19(25)23(17)14-15-7-3-1-4-8-15/h1-10,17H,11-14H2,(H,21,26)(H,22,24). The van der Waals surface area contributed by atoms with Gasteiger partial charge in [-0.15, -0.1) is 0 Å². The second-order valence-corrected chi connectivity index (χ2v) is 6.19. The van der Waals surface area contributed by atoms with Crippen LogP contribution in [0.4, 0.5) is 5.69 Å². The first-order valence-electron chi connectivity index (χ1n) is 8.59. The van der Waals surface area contributed by atoms with Gasteiger partial charge in [0.1, 0.15) is 6.04 Å². The fourth-order valence-corrected chi connectivity index (χ4v) is 3.00. The van der Waals surface area contributed by atoms with Gasteiger partial charge in [-0.3, -0.25) is 14.4 Å². The second-order valence-electron chi connectivity index (χ2n) is 6.19. The van der Waals surface area contributed by atoms with Crippen LogP contribution in [0.3, 0.4) is 0 Å². The van der Waals surface area contributed by atoms with Crippen molar-refractivity contribution in [3.8, 4) is 0 Å².